The largest absolute Gasteiger partial charge is 0.497 e. The first-order valence-corrected chi connectivity index (χ1v) is 13.1. The summed E-state index contributed by atoms with van der Waals surface area (Å²) in [4.78, 5) is 38.8. The molecule has 1 fully saturated rings. The second-order valence-electron chi connectivity index (χ2n) is 7.32. The number of rotatable bonds is 6. The van der Waals surface area contributed by atoms with Crippen LogP contribution < -0.4 is 19.1 Å². The van der Waals surface area contributed by atoms with Crippen LogP contribution in [0.4, 0.5) is 10.5 Å². The van der Waals surface area contributed by atoms with Crippen LogP contribution in [0.1, 0.15) is 5.56 Å². The van der Waals surface area contributed by atoms with Crippen LogP contribution in [0.25, 0.3) is 6.08 Å². The quantitative estimate of drug-likeness (QED) is 0.238. The topological polar surface area (TPSA) is 119 Å². The molecule has 1 aliphatic rings. The standard InChI is InChI=1S/C24H16Br2N2O7S/c1-34-16-9-7-15(8-10-16)28-23(30)18(22(29)27-24(28)31)11-14-12-19(25)21(20(26)13-14)35-36(32,33)17-5-3-2-4-6-17/h2-13H,1H3,(H,27,29,31)/b18-11+. The van der Waals surface area contributed by atoms with Gasteiger partial charge in [-0.25, -0.2) is 9.69 Å². The highest BCUT2D eigenvalue weighted by Gasteiger charge is 2.37. The average molecular weight is 636 g/mol. The summed E-state index contributed by atoms with van der Waals surface area (Å²) in [7, 11) is -2.63. The lowest BCUT2D eigenvalue weighted by atomic mass is 10.1. The highest BCUT2D eigenvalue weighted by molar-refractivity contribution is 9.11. The molecule has 0 bridgehead atoms. The van der Waals surface area contributed by atoms with E-state index in [-0.39, 0.29) is 30.9 Å². The number of nitrogens with one attached hydrogen (secondary N) is 1. The Morgan fingerprint density at radius 3 is 2.11 bits per heavy atom. The summed E-state index contributed by atoms with van der Waals surface area (Å²) in [5.41, 5.74) is 0.310. The monoisotopic (exact) mass is 634 g/mol. The summed E-state index contributed by atoms with van der Waals surface area (Å²) in [6.07, 6.45) is 1.28. The summed E-state index contributed by atoms with van der Waals surface area (Å²) in [6, 6.07) is 15.9. The molecule has 0 radical (unpaired) electrons. The maximum atomic E-state index is 13.1. The minimum atomic E-state index is -4.11. The summed E-state index contributed by atoms with van der Waals surface area (Å²) in [6.45, 7) is 0. The lowest BCUT2D eigenvalue weighted by Crippen LogP contribution is -2.54. The zero-order chi connectivity index (χ0) is 26.0. The van der Waals surface area contributed by atoms with Gasteiger partial charge in [-0.1, -0.05) is 18.2 Å². The Morgan fingerprint density at radius 2 is 1.53 bits per heavy atom. The number of imide groups is 2. The van der Waals surface area contributed by atoms with Gasteiger partial charge in [0, 0.05) is 0 Å². The van der Waals surface area contributed by atoms with Crippen LogP contribution in [-0.4, -0.2) is 33.4 Å². The van der Waals surface area contributed by atoms with Gasteiger partial charge in [-0.05, 0) is 92.0 Å². The van der Waals surface area contributed by atoms with Crippen molar-refractivity contribution in [1.82, 2.24) is 5.32 Å². The van der Waals surface area contributed by atoms with E-state index in [1.54, 1.807) is 30.3 Å². The van der Waals surface area contributed by atoms with Gasteiger partial charge in [0.25, 0.3) is 11.8 Å². The minimum absolute atomic E-state index is 0.0181. The number of carbonyl (C=O) groups excluding carboxylic acids is 3. The SMILES string of the molecule is COc1ccc(N2C(=O)NC(=O)/C(=C\c3cc(Br)c(OS(=O)(=O)c4ccccc4)c(Br)c3)C2=O)cc1. The number of amides is 4. The van der Waals surface area contributed by atoms with Crippen molar-refractivity contribution in [2.75, 3.05) is 12.0 Å². The number of carbonyl (C=O) groups is 3. The predicted molar refractivity (Wildman–Crippen MR) is 138 cm³/mol. The molecule has 0 aromatic heterocycles. The minimum Gasteiger partial charge on any atom is -0.497 e. The number of ether oxygens (including phenoxy) is 1. The van der Waals surface area contributed by atoms with Crippen molar-refractivity contribution in [3.63, 3.8) is 0 Å². The maximum Gasteiger partial charge on any atom is 0.339 e. The van der Waals surface area contributed by atoms with Gasteiger partial charge in [0.05, 0.1) is 21.7 Å². The Labute approximate surface area is 223 Å². The van der Waals surface area contributed by atoms with Crippen LogP contribution in [0, 0.1) is 0 Å². The van der Waals surface area contributed by atoms with Crippen LogP contribution in [0.5, 0.6) is 11.5 Å². The van der Waals surface area contributed by atoms with Gasteiger partial charge in [-0.15, -0.1) is 0 Å². The van der Waals surface area contributed by atoms with Gasteiger partial charge in [-0.3, -0.25) is 14.9 Å². The first kappa shape index (κ1) is 25.6. The first-order valence-electron chi connectivity index (χ1n) is 10.1. The van der Waals surface area contributed by atoms with E-state index in [9.17, 15) is 22.8 Å². The molecule has 1 saturated heterocycles. The van der Waals surface area contributed by atoms with Crippen molar-refractivity contribution in [1.29, 1.82) is 0 Å². The number of urea groups is 1. The molecule has 184 valence electrons. The number of hydrogen-bond donors (Lipinski definition) is 1. The molecular formula is C24H16Br2N2O7S. The summed E-state index contributed by atoms with van der Waals surface area (Å²) < 4.78 is 36.1. The van der Waals surface area contributed by atoms with E-state index in [0.29, 0.717) is 11.3 Å². The molecule has 4 rings (SSSR count). The lowest BCUT2D eigenvalue weighted by molar-refractivity contribution is -0.122. The van der Waals surface area contributed by atoms with Crippen molar-refractivity contribution in [3.8, 4) is 11.5 Å². The van der Waals surface area contributed by atoms with Crippen LogP contribution in [0.2, 0.25) is 0 Å². The van der Waals surface area contributed by atoms with E-state index in [0.717, 1.165) is 4.90 Å². The molecule has 1 N–H and O–H groups in total. The van der Waals surface area contributed by atoms with Gasteiger partial charge >= 0.3 is 16.1 Å². The van der Waals surface area contributed by atoms with Gasteiger partial charge in [0.15, 0.2) is 5.75 Å². The van der Waals surface area contributed by atoms with Gasteiger partial charge in [-0.2, -0.15) is 8.42 Å². The van der Waals surface area contributed by atoms with Crippen LogP contribution >= 0.6 is 31.9 Å². The normalized spacial score (nSPS) is 15.1. The zero-order valence-corrected chi connectivity index (χ0v) is 22.4. The number of halogens is 2. The fourth-order valence-electron chi connectivity index (χ4n) is 3.28. The van der Waals surface area contributed by atoms with Crippen LogP contribution in [0.15, 0.2) is 86.1 Å². The third kappa shape index (κ3) is 5.20. The van der Waals surface area contributed by atoms with Gasteiger partial charge in [0.2, 0.25) is 0 Å². The Bertz CT molecular complexity index is 1480. The smallest absolute Gasteiger partial charge is 0.339 e. The van der Waals surface area contributed by atoms with Crippen molar-refractivity contribution in [2.45, 2.75) is 4.90 Å². The number of nitrogens with zero attached hydrogens (tertiary/aromatic N) is 1. The Kier molecular flexibility index (Phi) is 7.29. The van der Waals surface area contributed by atoms with E-state index in [1.807, 2.05) is 0 Å². The van der Waals surface area contributed by atoms with E-state index in [2.05, 4.69) is 37.2 Å². The fourth-order valence-corrected chi connectivity index (χ4v) is 5.86. The second-order valence-corrected chi connectivity index (χ2v) is 10.6. The number of hydrogen-bond acceptors (Lipinski definition) is 7. The molecule has 0 atom stereocenters. The average Bonchev–Trinajstić information content (AvgIpc) is 2.85. The molecule has 3 aromatic carbocycles. The zero-order valence-electron chi connectivity index (χ0n) is 18.4. The van der Waals surface area contributed by atoms with E-state index in [1.165, 1.54) is 49.6 Å². The van der Waals surface area contributed by atoms with Crippen molar-refractivity contribution >= 4 is 71.6 Å². The summed E-state index contributed by atoms with van der Waals surface area (Å²) >= 11 is 6.56. The molecule has 0 spiro atoms. The van der Waals surface area contributed by atoms with Gasteiger partial charge < -0.3 is 8.92 Å². The molecule has 1 aliphatic heterocycles. The van der Waals surface area contributed by atoms with Crippen LogP contribution in [0.3, 0.4) is 0 Å². The van der Waals surface area contributed by atoms with Crippen molar-refractivity contribution < 1.29 is 31.7 Å². The van der Waals surface area contributed by atoms with E-state index in [4.69, 9.17) is 8.92 Å². The Morgan fingerprint density at radius 1 is 0.917 bits per heavy atom. The third-order valence-corrected chi connectivity index (χ3v) is 7.40. The summed E-state index contributed by atoms with van der Waals surface area (Å²) in [5.74, 6) is -1.18. The second kappa shape index (κ2) is 10.2. The molecule has 4 amide bonds. The Balaban J connectivity index is 1.66. The predicted octanol–water partition coefficient (Wildman–Crippen LogP) is 4.65. The number of methoxy groups -OCH3 is 1. The molecular weight excluding hydrogens is 620 g/mol. The number of barbiturate groups is 1. The lowest BCUT2D eigenvalue weighted by Gasteiger charge is -2.26. The van der Waals surface area contributed by atoms with E-state index >= 15 is 0 Å². The fraction of sp³-hybridized carbons (Fsp3) is 0.0417. The van der Waals surface area contributed by atoms with Crippen molar-refractivity contribution in [3.05, 3.63) is 86.8 Å². The molecule has 0 aliphatic carbocycles. The highest BCUT2D eigenvalue weighted by Crippen LogP contribution is 2.37. The number of anilines is 1. The molecule has 0 unspecified atom stereocenters. The Hall–Kier alpha value is -3.48. The first-order chi connectivity index (χ1) is 17.1. The summed E-state index contributed by atoms with van der Waals surface area (Å²) in [5, 5.41) is 2.15. The number of benzene rings is 3. The molecule has 3 aromatic rings. The third-order valence-electron chi connectivity index (χ3n) is 4.99. The van der Waals surface area contributed by atoms with Crippen molar-refractivity contribution in [2.24, 2.45) is 0 Å². The van der Waals surface area contributed by atoms with E-state index < -0.39 is 28.0 Å². The molecule has 0 saturated carbocycles. The maximum absolute atomic E-state index is 13.1. The molecule has 9 nitrogen and oxygen atoms in total. The van der Waals surface area contributed by atoms with Crippen LogP contribution in [-0.2, 0) is 19.7 Å². The molecule has 1 heterocycles. The molecule has 36 heavy (non-hydrogen) atoms. The highest BCUT2D eigenvalue weighted by atomic mass is 79.9. The molecule has 12 heteroatoms. The van der Waals surface area contributed by atoms with Gasteiger partial charge in [0.1, 0.15) is 16.2 Å².